The normalized spacial score (nSPS) is 14.4. The summed E-state index contributed by atoms with van der Waals surface area (Å²) in [5.41, 5.74) is 5.44. The third kappa shape index (κ3) is 1.73. The molecule has 20 heavy (non-hydrogen) atoms. The molecular formula is C17H16N2O. The molecule has 3 aromatic rings. The van der Waals surface area contributed by atoms with Gasteiger partial charge in [0.25, 0.3) is 0 Å². The van der Waals surface area contributed by atoms with E-state index in [1.807, 2.05) is 24.7 Å². The SMILES string of the molecule is Cc1ccnc(-c2cncc3c4c(oc23)CCCC4)c1. The van der Waals surface area contributed by atoms with Gasteiger partial charge < -0.3 is 4.42 Å². The summed E-state index contributed by atoms with van der Waals surface area (Å²) in [6, 6.07) is 4.09. The van der Waals surface area contributed by atoms with Gasteiger partial charge in [0.1, 0.15) is 11.3 Å². The van der Waals surface area contributed by atoms with Crippen molar-refractivity contribution in [2.45, 2.75) is 32.6 Å². The Kier molecular flexibility index (Phi) is 2.59. The number of furan rings is 1. The van der Waals surface area contributed by atoms with Crippen LogP contribution in [0.1, 0.15) is 29.7 Å². The fourth-order valence-corrected chi connectivity index (χ4v) is 3.04. The van der Waals surface area contributed by atoms with Crippen LogP contribution < -0.4 is 0 Å². The molecule has 0 saturated carbocycles. The van der Waals surface area contributed by atoms with Gasteiger partial charge in [-0.05, 0) is 43.9 Å². The summed E-state index contributed by atoms with van der Waals surface area (Å²) in [5.74, 6) is 1.15. The lowest BCUT2D eigenvalue weighted by Gasteiger charge is -2.08. The maximum Gasteiger partial charge on any atom is 0.147 e. The average molecular weight is 264 g/mol. The standard InChI is InChI=1S/C17H16N2O/c1-11-6-7-19-15(8-11)14-10-18-9-13-12-4-2-3-5-16(12)20-17(13)14/h6-10H,2-5H2,1H3. The van der Waals surface area contributed by atoms with Crippen LogP contribution in [0.3, 0.4) is 0 Å². The summed E-state index contributed by atoms with van der Waals surface area (Å²) in [6.07, 6.45) is 10.2. The van der Waals surface area contributed by atoms with Gasteiger partial charge in [-0.2, -0.15) is 0 Å². The molecule has 3 aromatic heterocycles. The van der Waals surface area contributed by atoms with E-state index in [2.05, 4.69) is 23.0 Å². The lowest BCUT2D eigenvalue weighted by Crippen LogP contribution is -1.98. The van der Waals surface area contributed by atoms with Gasteiger partial charge in [-0.3, -0.25) is 9.97 Å². The second-order valence-corrected chi connectivity index (χ2v) is 5.49. The fourth-order valence-electron chi connectivity index (χ4n) is 3.04. The molecule has 0 aromatic carbocycles. The van der Waals surface area contributed by atoms with Gasteiger partial charge in [0.15, 0.2) is 0 Å². The largest absolute Gasteiger partial charge is 0.460 e. The summed E-state index contributed by atoms with van der Waals surface area (Å²) in [6.45, 7) is 2.08. The van der Waals surface area contributed by atoms with Crippen LogP contribution in [0.15, 0.2) is 35.1 Å². The van der Waals surface area contributed by atoms with Crippen LogP contribution in [0, 0.1) is 6.92 Å². The zero-order valence-corrected chi connectivity index (χ0v) is 11.5. The molecule has 0 fully saturated rings. The van der Waals surface area contributed by atoms with E-state index in [-0.39, 0.29) is 0 Å². The lowest BCUT2D eigenvalue weighted by atomic mass is 9.96. The first-order valence-corrected chi connectivity index (χ1v) is 7.14. The van der Waals surface area contributed by atoms with Crippen molar-refractivity contribution in [2.75, 3.05) is 0 Å². The summed E-state index contributed by atoms with van der Waals surface area (Å²) in [5, 5.41) is 1.17. The molecule has 0 bridgehead atoms. The van der Waals surface area contributed by atoms with Crippen molar-refractivity contribution in [1.29, 1.82) is 0 Å². The highest BCUT2D eigenvalue weighted by Crippen LogP contribution is 2.36. The maximum atomic E-state index is 6.14. The number of hydrogen-bond donors (Lipinski definition) is 0. The van der Waals surface area contributed by atoms with Crippen molar-refractivity contribution in [3.05, 3.63) is 47.6 Å². The van der Waals surface area contributed by atoms with Gasteiger partial charge in [-0.15, -0.1) is 0 Å². The number of aromatic nitrogens is 2. The molecule has 0 amide bonds. The minimum Gasteiger partial charge on any atom is -0.460 e. The number of rotatable bonds is 1. The van der Waals surface area contributed by atoms with E-state index in [0.717, 1.165) is 35.4 Å². The smallest absolute Gasteiger partial charge is 0.147 e. The highest BCUT2D eigenvalue weighted by Gasteiger charge is 2.20. The summed E-state index contributed by atoms with van der Waals surface area (Å²) in [7, 11) is 0. The van der Waals surface area contributed by atoms with E-state index >= 15 is 0 Å². The van der Waals surface area contributed by atoms with Crippen LogP contribution >= 0.6 is 0 Å². The topological polar surface area (TPSA) is 38.9 Å². The molecule has 1 aliphatic rings. The van der Waals surface area contributed by atoms with Crippen LogP contribution in [0.5, 0.6) is 0 Å². The van der Waals surface area contributed by atoms with Crippen molar-refractivity contribution in [3.8, 4) is 11.3 Å². The van der Waals surface area contributed by atoms with Crippen molar-refractivity contribution < 1.29 is 4.42 Å². The van der Waals surface area contributed by atoms with E-state index in [0.29, 0.717) is 0 Å². The summed E-state index contributed by atoms with van der Waals surface area (Å²) in [4.78, 5) is 8.87. The average Bonchev–Trinajstić information content (AvgIpc) is 2.86. The Morgan fingerprint density at radius 1 is 1.15 bits per heavy atom. The molecule has 3 nitrogen and oxygen atoms in total. The van der Waals surface area contributed by atoms with E-state index < -0.39 is 0 Å². The number of fused-ring (bicyclic) bond motifs is 3. The molecule has 0 radical (unpaired) electrons. The first kappa shape index (κ1) is 11.6. The van der Waals surface area contributed by atoms with Crippen LogP contribution in [-0.4, -0.2) is 9.97 Å². The van der Waals surface area contributed by atoms with Crippen molar-refractivity contribution in [2.24, 2.45) is 0 Å². The third-order valence-electron chi connectivity index (χ3n) is 4.06. The molecule has 0 saturated heterocycles. The summed E-state index contributed by atoms with van der Waals surface area (Å²) < 4.78 is 6.14. The number of nitrogens with zero attached hydrogens (tertiary/aromatic N) is 2. The van der Waals surface area contributed by atoms with E-state index in [9.17, 15) is 0 Å². The molecule has 3 heterocycles. The minimum atomic E-state index is 0.939. The Bertz CT molecular complexity index is 789. The summed E-state index contributed by atoms with van der Waals surface area (Å²) >= 11 is 0. The van der Waals surface area contributed by atoms with Crippen LogP contribution in [0.2, 0.25) is 0 Å². The molecule has 4 rings (SSSR count). The number of aryl methyl sites for hydroxylation is 3. The van der Waals surface area contributed by atoms with Gasteiger partial charge in [-0.25, -0.2) is 0 Å². The number of pyridine rings is 2. The van der Waals surface area contributed by atoms with Crippen LogP contribution in [0.4, 0.5) is 0 Å². The first-order chi connectivity index (χ1) is 9.83. The molecule has 0 aliphatic heterocycles. The molecule has 100 valence electrons. The third-order valence-corrected chi connectivity index (χ3v) is 4.06. The first-order valence-electron chi connectivity index (χ1n) is 7.14. The van der Waals surface area contributed by atoms with Gasteiger partial charge in [-0.1, -0.05) is 0 Å². The zero-order valence-electron chi connectivity index (χ0n) is 11.5. The Balaban J connectivity index is 1.98. The zero-order chi connectivity index (χ0) is 13.5. The Morgan fingerprint density at radius 2 is 2.05 bits per heavy atom. The molecule has 0 spiro atoms. The van der Waals surface area contributed by atoms with Crippen molar-refractivity contribution in [1.82, 2.24) is 9.97 Å². The lowest BCUT2D eigenvalue weighted by molar-refractivity contribution is 0.506. The fraction of sp³-hybridized carbons (Fsp3) is 0.294. The molecule has 0 N–H and O–H groups in total. The second kappa shape index (κ2) is 4.44. The van der Waals surface area contributed by atoms with Gasteiger partial charge in [0.05, 0.1) is 11.3 Å². The second-order valence-electron chi connectivity index (χ2n) is 5.49. The van der Waals surface area contributed by atoms with E-state index in [1.54, 1.807) is 0 Å². The Labute approximate surface area is 117 Å². The minimum absolute atomic E-state index is 0.939. The maximum absolute atomic E-state index is 6.14. The monoisotopic (exact) mass is 264 g/mol. The van der Waals surface area contributed by atoms with Crippen LogP contribution in [-0.2, 0) is 12.8 Å². The quantitative estimate of drug-likeness (QED) is 0.665. The van der Waals surface area contributed by atoms with Crippen molar-refractivity contribution >= 4 is 11.0 Å². The highest BCUT2D eigenvalue weighted by atomic mass is 16.3. The molecule has 0 unspecified atom stereocenters. The molecule has 0 atom stereocenters. The number of hydrogen-bond acceptors (Lipinski definition) is 3. The van der Waals surface area contributed by atoms with E-state index in [4.69, 9.17) is 4.42 Å². The molecular weight excluding hydrogens is 248 g/mol. The highest BCUT2D eigenvalue weighted by molar-refractivity contribution is 5.93. The van der Waals surface area contributed by atoms with E-state index in [1.165, 1.54) is 29.4 Å². The Morgan fingerprint density at radius 3 is 2.95 bits per heavy atom. The van der Waals surface area contributed by atoms with Crippen LogP contribution in [0.25, 0.3) is 22.2 Å². The van der Waals surface area contributed by atoms with Gasteiger partial charge in [0.2, 0.25) is 0 Å². The van der Waals surface area contributed by atoms with Gasteiger partial charge >= 0.3 is 0 Å². The predicted octanol–water partition coefficient (Wildman–Crippen LogP) is 4.08. The molecule has 3 heteroatoms. The predicted molar refractivity (Wildman–Crippen MR) is 78.6 cm³/mol. The van der Waals surface area contributed by atoms with Gasteiger partial charge in [0, 0.05) is 36.0 Å². The van der Waals surface area contributed by atoms with Crippen molar-refractivity contribution in [3.63, 3.8) is 0 Å². The Hall–Kier alpha value is -2.16. The molecule has 1 aliphatic carbocycles.